The van der Waals surface area contributed by atoms with Gasteiger partial charge in [-0.1, -0.05) is 19.1 Å². The zero-order valence-electron chi connectivity index (χ0n) is 15.3. The number of aliphatic imine (C=N–C) groups is 1. The molecule has 1 saturated heterocycles. The minimum Gasteiger partial charge on any atom is -0.385 e. The van der Waals surface area contributed by atoms with Crippen molar-refractivity contribution in [3.05, 3.63) is 59.9 Å². The van der Waals surface area contributed by atoms with Crippen molar-refractivity contribution in [3.63, 3.8) is 0 Å². The summed E-state index contributed by atoms with van der Waals surface area (Å²) in [6.45, 7) is 3.94. The zero-order chi connectivity index (χ0) is 18.4. The van der Waals surface area contributed by atoms with Gasteiger partial charge in [0.15, 0.2) is 0 Å². The number of hydrogen-bond acceptors (Lipinski definition) is 5. The van der Waals surface area contributed by atoms with Crippen LogP contribution in [0.25, 0.3) is 0 Å². The zero-order valence-corrected chi connectivity index (χ0v) is 15.3. The van der Waals surface area contributed by atoms with Gasteiger partial charge in [-0.3, -0.25) is 4.98 Å². The lowest BCUT2D eigenvalue weighted by atomic mass is 9.86. The van der Waals surface area contributed by atoms with Gasteiger partial charge in [0, 0.05) is 18.1 Å². The van der Waals surface area contributed by atoms with E-state index in [9.17, 15) is 0 Å². The second-order valence-corrected chi connectivity index (χ2v) is 6.75. The van der Waals surface area contributed by atoms with Gasteiger partial charge in [0.05, 0.1) is 5.54 Å². The van der Waals surface area contributed by atoms with Crippen molar-refractivity contribution in [3.8, 4) is 0 Å². The van der Waals surface area contributed by atoms with Gasteiger partial charge in [-0.25, -0.2) is 4.99 Å². The number of benzene rings is 1. The summed E-state index contributed by atoms with van der Waals surface area (Å²) in [5.41, 5.74) is 15.6. The Bertz CT molecular complexity index is 737. The molecule has 26 heavy (non-hydrogen) atoms. The fourth-order valence-corrected chi connectivity index (χ4v) is 3.35. The Balaban J connectivity index is 1.87. The van der Waals surface area contributed by atoms with Gasteiger partial charge in [-0.15, -0.1) is 0 Å². The monoisotopic (exact) mass is 352 g/mol. The Labute approximate surface area is 155 Å². The maximum absolute atomic E-state index is 6.50. The Morgan fingerprint density at radius 1 is 1.27 bits per heavy atom. The number of aromatic nitrogens is 1. The Hall–Kier alpha value is -2.44. The highest BCUT2D eigenvalue weighted by molar-refractivity contribution is 5.93. The third-order valence-electron chi connectivity index (χ3n) is 4.99. The summed E-state index contributed by atoms with van der Waals surface area (Å²) in [7, 11) is 0. The molecule has 0 bridgehead atoms. The van der Waals surface area contributed by atoms with E-state index in [2.05, 4.69) is 51.8 Å². The minimum absolute atomic E-state index is 0.387. The molecule has 1 atom stereocenters. The van der Waals surface area contributed by atoms with E-state index in [-0.39, 0.29) is 5.54 Å². The Morgan fingerprint density at radius 2 is 2.00 bits per heavy atom. The molecule has 1 aromatic heterocycles. The average molecular weight is 352 g/mol. The highest BCUT2D eigenvalue weighted by Crippen LogP contribution is 2.26. The molecule has 1 aromatic carbocycles. The van der Waals surface area contributed by atoms with Crippen molar-refractivity contribution in [1.82, 2.24) is 10.3 Å². The number of nitrogens with one attached hydrogen (secondary N) is 2. The topological polar surface area (TPSA) is 101 Å². The largest absolute Gasteiger partial charge is 0.385 e. The smallest absolute Gasteiger partial charge is 0.125 e. The quantitative estimate of drug-likeness (QED) is 0.471. The van der Waals surface area contributed by atoms with Crippen LogP contribution in [-0.4, -0.2) is 29.4 Å². The van der Waals surface area contributed by atoms with Crippen LogP contribution in [0.3, 0.4) is 0 Å². The van der Waals surface area contributed by atoms with Gasteiger partial charge >= 0.3 is 0 Å². The standard InChI is InChI=1S/C20H28N6/c1-2-15-4-3-5-17(14-15)26-20(8-12-24-13-9-20)19(22)25-18(21)16-6-10-23-11-7-16/h3-7,10-11,14,18,24,26H,2,8-9,12-13,21H2,1H3,(H2,22,25). The summed E-state index contributed by atoms with van der Waals surface area (Å²) in [5, 5.41) is 7.06. The second-order valence-electron chi connectivity index (χ2n) is 6.75. The third-order valence-corrected chi connectivity index (χ3v) is 4.99. The molecular weight excluding hydrogens is 324 g/mol. The first-order valence-corrected chi connectivity index (χ1v) is 9.20. The molecule has 1 fully saturated rings. The summed E-state index contributed by atoms with van der Waals surface area (Å²) >= 11 is 0. The molecule has 0 saturated carbocycles. The van der Waals surface area contributed by atoms with E-state index >= 15 is 0 Å². The normalized spacial score (nSPS) is 18.3. The first-order chi connectivity index (χ1) is 12.6. The number of pyridine rings is 1. The van der Waals surface area contributed by atoms with Gasteiger partial charge in [0.2, 0.25) is 0 Å². The lowest BCUT2D eigenvalue weighted by Gasteiger charge is -2.39. The van der Waals surface area contributed by atoms with Crippen LogP contribution in [0.2, 0.25) is 0 Å². The fourth-order valence-electron chi connectivity index (χ4n) is 3.35. The van der Waals surface area contributed by atoms with E-state index in [4.69, 9.17) is 11.5 Å². The summed E-state index contributed by atoms with van der Waals surface area (Å²) in [6.07, 6.45) is 5.67. The number of aryl methyl sites for hydroxylation is 1. The summed E-state index contributed by atoms with van der Waals surface area (Å²) in [6, 6.07) is 12.2. The number of piperidine rings is 1. The van der Waals surface area contributed by atoms with Crippen LogP contribution in [0.1, 0.15) is 37.1 Å². The van der Waals surface area contributed by atoms with Gasteiger partial charge in [-0.05, 0) is 67.7 Å². The van der Waals surface area contributed by atoms with E-state index in [1.807, 2.05) is 12.1 Å². The lowest BCUT2D eigenvalue weighted by molar-refractivity contribution is 0.418. The Kier molecular flexibility index (Phi) is 5.85. The number of nitrogens with two attached hydrogens (primary N) is 2. The van der Waals surface area contributed by atoms with E-state index in [0.717, 1.165) is 43.6 Å². The molecule has 1 aliphatic heterocycles. The van der Waals surface area contributed by atoms with E-state index in [0.29, 0.717) is 5.84 Å². The van der Waals surface area contributed by atoms with E-state index in [1.54, 1.807) is 12.4 Å². The SMILES string of the molecule is CCc1cccc(NC2(/C(N)=N/C(N)c3ccncc3)CCNCC2)c1. The molecule has 138 valence electrons. The highest BCUT2D eigenvalue weighted by atomic mass is 15.1. The van der Waals surface area contributed by atoms with Gasteiger partial charge < -0.3 is 22.1 Å². The van der Waals surface area contributed by atoms with Crippen LogP contribution in [0.4, 0.5) is 5.69 Å². The van der Waals surface area contributed by atoms with Crippen molar-refractivity contribution in [1.29, 1.82) is 0 Å². The van der Waals surface area contributed by atoms with Crippen LogP contribution < -0.4 is 22.1 Å². The molecule has 1 unspecified atom stereocenters. The predicted octanol–water partition coefficient (Wildman–Crippen LogP) is 2.19. The molecule has 0 aliphatic carbocycles. The molecule has 2 aromatic rings. The first kappa shape index (κ1) is 18.4. The summed E-state index contributed by atoms with van der Waals surface area (Å²) in [4.78, 5) is 8.66. The molecular formula is C20H28N6. The Morgan fingerprint density at radius 3 is 2.69 bits per heavy atom. The van der Waals surface area contributed by atoms with Gasteiger partial charge in [0.1, 0.15) is 12.0 Å². The molecule has 6 heteroatoms. The minimum atomic E-state index is -0.492. The summed E-state index contributed by atoms with van der Waals surface area (Å²) in [5.74, 6) is 0.560. The lowest BCUT2D eigenvalue weighted by Crippen LogP contribution is -2.56. The molecule has 3 rings (SSSR count). The van der Waals surface area contributed by atoms with Gasteiger partial charge in [-0.2, -0.15) is 0 Å². The molecule has 0 spiro atoms. The maximum atomic E-state index is 6.50. The van der Waals surface area contributed by atoms with Gasteiger partial charge in [0.25, 0.3) is 0 Å². The molecule has 6 nitrogen and oxygen atoms in total. The van der Waals surface area contributed by atoms with Crippen LogP contribution in [0, 0.1) is 0 Å². The maximum Gasteiger partial charge on any atom is 0.125 e. The number of hydrogen-bond donors (Lipinski definition) is 4. The third kappa shape index (κ3) is 4.20. The predicted molar refractivity (Wildman–Crippen MR) is 107 cm³/mol. The second kappa shape index (κ2) is 8.29. The molecule has 0 radical (unpaired) electrons. The first-order valence-electron chi connectivity index (χ1n) is 9.20. The van der Waals surface area contributed by atoms with Crippen molar-refractivity contribution >= 4 is 11.5 Å². The van der Waals surface area contributed by atoms with Crippen molar-refractivity contribution in [2.45, 2.75) is 37.9 Å². The number of rotatable bonds is 6. The van der Waals surface area contributed by atoms with E-state index < -0.39 is 6.17 Å². The number of amidine groups is 1. The number of nitrogens with zero attached hydrogens (tertiary/aromatic N) is 2. The van der Waals surface area contributed by atoms with Crippen LogP contribution >= 0.6 is 0 Å². The molecule has 1 aliphatic rings. The van der Waals surface area contributed by atoms with E-state index in [1.165, 1.54) is 5.56 Å². The van der Waals surface area contributed by atoms with Crippen molar-refractivity contribution in [2.24, 2.45) is 16.5 Å². The fraction of sp³-hybridized carbons (Fsp3) is 0.400. The molecule has 6 N–H and O–H groups in total. The van der Waals surface area contributed by atoms with Crippen LogP contribution in [0.5, 0.6) is 0 Å². The average Bonchev–Trinajstić information content (AvgIpc) is 2.69. The van der Waals surface area contributed by atoms with Crippen molar-refractivity contribution in [2.75, 3.05) is 18.4 Å². The molecule has 0 amide bonds. The van der Waals surface area contributed by atoms with Crippen LogP contribution in [0.15, 0.2) is 53.8 Å². The van der Waals surface area contributed by atoms with Crippen LogP contribution in [-0.2, 0) is 6.42 Å². The van der Waals surface area contributed by atoms with Crippen molar-refractivity contribution < 1.29 is 0 Å². The summed E-state index contributed by atoms with van der Waals surface area (Å²) < 4.78 is 0. The highest BCUT2D eigenvalue weighted by Gasteiger charge is 2.36. The molecule has 2 heterocycles. The number of anilines is 1.